The second-order valence-corrected chi connectivity index (χ2v) is 5.76. The summed E-state index contributed by atoms with van der Waals surface area (Å²) in [6.45, 7) is 4.13. The predicted molar refractivity (Wildman–Crippen MR) is 87.1 cm³/mol. The molecule has 2 aromatic carbocycles. The van der Waals surface area contributed by atoms with E-state index in [0.29, 0.717) is 0 Å². The number of nitrogens with zero attached hydrogens (tertiary/aromatic N) is 1. The first-order valence-corrected chi connectivity index (χ1v) is 7.25. The summed E-state index contributed by atoms with van der Waals surface area (Å²) in [6, 6.07) is 11.6. The van der Waals surface area contributed by atoms with Gasteiger partial charge in [0, 0.05) is 16.6 Å². The first-order valence-electron chi connectivity index (χ1n) is 6.87. The molecule has 0 aliphatic heterocycles. The third kappa shape index (κ3) is 2.59. The SMILES string of the molecule is Cc1cc2nccc(O)c2c(C)c1Cc1ccc(Cl)cc1. The van der Waals surface area contributed by atoms with E-state index in [2.05, 4.69) is 11.9 Å². The highest BCUT2D eigenvalue weighted by atomic mass is 35.5. The normalized spacial score (nSPS) is 11.0. The molecule has 2 nitrogen and oxygen atoms in total. The van der Waals surface area contributed by atoms with Gasteiger partial charge < -0.3 is 5.11 Å². The lowest BCUT2D eigenvalue weighted by Crippen LogP contribution is -1.98. The van der Waals surface area contributed by atoms with Gasteiger partial charge in [-0.2, -0.15) is 0 Å². The van der Waals surface area contributed by atoms with Gasteiger partial charge in [0.25, 0.3) is 0 Å². The number of aryl methyl sites for hydroxylation is 2. The van der Waals surface area contributed by atoms with E-state index in [0.717, 1.165) is 27.9 Å². The summed E-state index contributed by atoms with van der Waals surface area (Å²) in [5.41, 5.74) is 5.55. The quantitative estimate of drug-likeness (QED) is 0.737. The highest BCUT2D eigenvalue weighted by Crippen LogP contribution is 2.31. The molecule has 0 aliphatic carbocycles. The summed E-state index contributed by atoms with van der Waals surface area (Å²) in [6.07, 6.45) is 2.45. The molecule has 0 fully saturated rings. The van der Waals surface area contributed by atoms with Crippen LogP contribution in [-0.2, 0) is 6.42 Å². The maximum Gasteiger partial charge on any atom is 0.126 e. The van der Waals surface area contributed by atoms with Gasteiger partial charge in [-0.3, -0.25) is 4.98 Å². The van der Waals surface area contributed by atoms with Gasteiger partial charge in [0.15, 0.2) is 0 Å². The minimum Gasteiger partial charge on any atom is -0.507 e. The first-order chi connectivity index (χ1) is 10.1. The molecule has 1 heterocycles. The van der Waals surface area contributed by atoms with Gasteiger partial charge in [-0.05, 0) is 66.8 Å². The lowest BCUT2D eigenvalue weighted by Gasteiger charge is -2.14. The molecule has 0 saturated heterocycles. The Hall–Kier alpha value is -2.06. The van der Waals surface area contributed by atoms with Crippen LogP contribution in [0, 0.1) is 13.8 Å². The van der Waals surface area contributed by atoms with Crippen LogP contribution in [0.5, 0.6) is 5.75 Å². The van der Waals surface area contributed by atoms with Crippen molar-refractivity contribution in [3.8, 4) is 5.75 Å². The number of fused-ring (bicyclic) bond motifs is 1. The fraction of sp³-hybridized carbons (Fsp3) is 0.167. The number of aromatic nitrogens is 1. The van der Waals surface area contributed by atoms with E-state index in [-0.39, 0.29) is 5.75 Å². The average molecular weight is 298 g/mol. The summed E-state index contributed by atoms with van der Waals surface area (Å²) in [7, 11) is 0. The van der Waals surface area contributed by atoms with Gasteiger partial charge in [-0.25, -0.2) is 0 Å². The van der Waals surface area contributed by atoms with Crippen LogP contribution >= 0.6 is 11.6 Å². The Morgan fingerprint density at radius 2 is 1.81 bits per heavy atom. The lowest BCUT2D eigenvalue weighted by molar-refractivity contribution is 0.481. The Labute approximate surface area is 129 Å². The smallest absolute Gasteiger partial charge is 0.126 e. The van der Waals surface area contributed by atoms with Gasteiger partial charge in [-0.1, -0.05) is 23.7 Å². The molecule has 3 aromatic rings. The van der Waals surface area contributed by atoms with Crippen LogP contribution in [0.4, 0.5) is 0 Å². The predicted octanol–water partition coefficient (Wildman–Crippen LogP) is 4.80. The molecule has 0 spiro atoms. The van der Waals surface area contributed by atoms with E-state index in [4.69, 9.17) is 11.6 Å². The van der Waals surface area contributed by atoms with Gasteiger partial charge in [0.05, 0.1) is 5.52 Å². The van der Waals surface area contributed by atoms with Crippen LogP contribution in [0.1, 0.15) is 22.3 Å². The van der Waals surface area contributed by atoms with Crippen LogP contribution < -0.4 is 0 Å². The summed E-state index contributed by atoms with van der Waals surface area (Å²) in [5, 5.41) is 11.7. The number of hydrogen-bond acceptors (Lipinski definition) is 2. The third-order valence-corrected chi connectivity index (χ3v) is 4.16. The molecule has 0 saturated carbocycles. The Balaban J connectivity index is 2.14. The Kier molecular flexibility index (Phi) is 3.56. The Morgan fingerprint density at radius 1 is 1.10 bits per heavy atom. The zero-order valence-corrected chi connectivity index (χ0v) is 12.8. The van der Waals surface area contributed by atoms with Crippen molar-refractivity contribution in [2.24, 2.45) is 0 Å². The molecule has 21 heavy (non-hydrogen) atoms. The van der Waals surface area contributed by atoms with Gasteiger partial charge in [0.1, 0.15) is 5.75 Å². The second kappa shape index (κ2) is 5.38. The summed E-state index contributed by atoms with van der Waals surface area (Å²) in [5.74, 6) is 0.287. The van der Waals surface area contributed by atoms with Crippen LogP contribution in [0.15, 0.2) is 42.6 Å². The van der Waals surface area contributed by atoms with Crippen molar-refractivity contribution in [1.82, 2.24) is 4.98 Å². The van der Waals surface area contributed by atoms with Crippen LogP contribution in [0.2, 0.25) is 5.02 Å². The molecule has 0 unspecified atom stereocenters. The number of rotatable bonds is 2. The topological polar surface area (TPSA) is 33.1 Å². The molecule has 0 atom stereocenters. The minimum absolute atomic E-state index is 0.287. The molecular formula is C18H16ClNO. The summed E-state index contributed by atoms with van der Waals surface area (Å²) < 4.78 is 0. The highest BCUT2D eigenvalue weighted by Gasteiger charge is 2.12. The average Bonchev–Trinajstić information content (AvgIpc) is 2.45. The zero-order chi connectivity index (χ0) is 15.0. The molecule has 106 valence electrons. The van der Waals surface area contributed by atoms with Crippen LogP contribution in [0.3, 0.4) is 0 Å². The number of benzene rings is 2. The van der Waals surface area contributed by atoms with Gasteiger partial charge in [-0.15, -0.1) is 0 Å². The van der Waals surface area contributed by atoms with Crippen molar-refractivity contribution in [2.75, 3.05) is 0 Å². The van der Waals surface area contributed by atoms with Crippen molar-refractivity contribution in [1.29, 1.82) is 0 Å². The molecule has 3 rings (SSSR count). The Bertz CT molecular complexity index is 810. The molecule has 1 N–H and O–H groups in total. The van der Waals surface area contributed by atoms with E-state index < -0.39 is 0 Å². The van der Waals surface area contributed by atoms with E-state index in [1.807, 2.05) is 37.3 Å². The van der Waals surface area contributed by atoms with Gasteiger partial charge >= 0.3 is 0 Å². The highest BCUT2D eigenvalue weighted by molar-refractivity contribution is 6.30. The summed E-state index contributed by atoms with van der Waals surface area (Å²) in [4.78, 5) is 4.35. The molecule has 0 aliphatic rings. The maximum absolute atomic E-state index is 10.1. The molecule has 0 bridgehead atoms. The fourth-order valence-electron chi connectivity index (χ4n) is 2.78. The third-order valence-electron chi connectivity index (χ3n) is 3.91. The van der Waals surface area contributed by atoms with Crippen molar-refractivity contribution in [3.63, 3.8) is 0 Å². The summed E-state index contributed by atoms with van der Waals surface area (Å²) >= 11 is 5.93. The van der Waals surface area contributed by atoms with Crippen LogP contribution in [0.25, 0.3) is 10.9 Å². The van der Waals surface area contributed by atoms with Crippen molar-refractivity contribution < 1.29 is 5.11 Å². The molecule has 0 amide bonds. The standard InChI is InChI=1S/C18H16ClNO/c1-11-9-16-18(17(21)7-8-20-16)12(2)15(11)10-13-3-5-14(19)6-4-13/h3-9H,10H2,1-2H3,(H,20,21). The maximum atomic E-state index is 10.1. The molecule has 3 heteroatoms. The number of pyridine rings is 1. The number of halogens is 1. The van der Waals surface area contributed by atoms with Crippen molar-refractivity contribution in [2.45, 2.75) is 20.3 Å². The van der Waals surface area contributed by atoms with Gasteiger partial charge in [0.2, 0.25) is 0 Å². The Morgan fingerprint density at radius 3 is 2.52 bits per heavy atom. The van der Waals surface area contributed by atoms with E-state index in [1.165, 1.54) is 16.7 Å². The number of aromatic hydroxyl groups is 1. The lowest BCUT2D eigenvalue weighted by atomic mass is 9.93. The molecule has 1 aromatic heterocycles. The number of hydrogen-bond donors (Lipinski definition) is 1. The van der Waals surface area contributed by atoms with E-state index >= 15 is 0 Å². The minimum atomic E-state index is 0.287. The monoisotopic (exact) mass is 297 g/mol. The van der Waals surface area contributed by atoms with Crippen LogP contribution in [-0.4, -0.2) is 10.1 Å². The first kappa shape index (κ1) is 13.9. The van der Waals surface area contributed by atoms with Crippen molar-refractivity contribution in [3.05, 3.63) is 69.9 Å². The van der Waals surface area contributed by atoms with Crippen molar-refractivity contribution >= 4 is 22.5 Å². The zero-order valence-electron chi connectivity index (χ0n) is 12.0. The van der Waals surface area contributed by atoms with E-state index in [9.17, 15) is 5.11 Å². The molecular weight excluding hydrogens is 282 g/mol. The van der Waals surface area contributed by atoms with E-state index in [1.54, 1.807) is 12.3 Å². The largest absolute Gasteiger partial charge is 0.507 e. The fourth-order valence-corrected chi connectivity index (χ4v) is 2.90. The molecule has 0 radical (unpaired) electrons. The second-order valence-electron chi connectivity index (χ2n) is 5.32.